The molecule has 0 spiro atoms. The summed E-state index contributed by atoms with van der Waals surface area (Å²) in [5.41, 5.74) is 5.43. The first-order chi connectivity index (χ1) is 6.20. The van der Waals surface area contributed by atoms with Crippen LogP contribution in [0.2, 0.25) is 0 Å². The molecule has 0 aromatic rings. The van der Waals surface area contributed by atoms with Crippen molar-refractivity contribution in [3.63, 3.8) is 0 Å². The standard InChI is InChI=1S/C11H26N2/c1-4-11(2)10-13(3)9-7-5-6-8-12/h11H,4-10,12H2,1-3H3. The summed E-state index contributed by atoms with van der Waals surface area (Å²) < 4.78 is 0. The molecule has 0 aliphatic rings. The molecule has 0 heterocycles. The maximum absolute atomic E-state index is 5.43. The third kappa shape index (κ3) is 8.26. The molecular formula is C11H26N2. The third-order valence-electron chi connectivity index (χ3n) is 2.56. The van der Waals surface area contributed by atoms with E-state index in [-0.39, 0.29) is 0 Å². The molecule has 2 heteroatoms. The molecule has 0 rings (SSSR count). The molecule has 80 valence electrons. The summed E-state index contributed by atoms with van der Waals surface area (Å²) in [6.07, 6.45) is 5.04. The molecule has 0 aliphatic carbocycles. The fourth-order valence-corrected chi connectivity index (χ4v) is 1.46. The van der Waals surface area contributed by atoms with Crippen molar-refractivity contribution in [3.05, 3.63) is 0 Å². The van der Waals surface area contributed by atoms with Crippen LogP contribution >= 0.6 is 0 Å². The maximum atomic E-state index is 5.43. The first kappa shape index (κ1) is 12.9. The van der Waals surface area contributed by atoms with E-state index < -0.39 is 0 Å². The second-order valence-electron chi connectivity index (χ2n) is 4.12. The number of nitrogens with zero attached hydrogens (tertiary/aromatic N) is 1. The summed E-state index contributed by atoms with van der Waals surface area (Å²) in [5.74, 6) is 0.833. The quantitative estimate of drug-likeness (QED) is 0.588. The molecule has 2 N–H and O–H groups in total. The van der Waals surface area contributed by atoms with Gasteiger partial charge in [-0.3, -0.25) is 0 Å². The summed E-state index contributed by atoms with van der Waals surface area (Å²) in [6, 6.07) is 0. The molecule has 1 atom stereocenters. The minimum atomic E-state index is 0.833. The van der Waals surface area contributed by atoms with Gasteiger partial charge in [-0.25, -0.2) is 0 Å². The van der Waals surface area contributed by atoms with E-state index in [9.17, 15) is 0 Å². The van der Waals surface area contributed by atoms with Gasteiger partial charge >= 0.3 is 0 Å². The molecular weight excluding hydrogens is 160 g/mol. The van der Waals surface area contributed by atoms with Crippen LogP contribution in [0, 0.1) is 5.92 Å². The van der Waals surface area contributed by atoms with Gasteiger partial charge in [0.15, 0.2) is 0 Å². The highest BCUT2D eigenvalue weighted by Crippen LogP contribution is 2.04. The minimum Gasteiger partial charge on any atom is -0.330 e. The van der Waals surface area contributed by atoms with Crippen LogP contribution in [-0.2, 0) is 0 Å². The van der Waals surface area contributed by atoms with Crippen molar-refractivity contribution >= 4 is 0 Å². The highest BCUT2D eigenvalue weighted by atomic mass is 15.1. The van der Waals surface area contributed by atoms with Crippen LogP contribution in [0.15, 0.2) is 0 Å². The number of unbranched alkanes of at least 4 members (excludes halogenated alkanes) is 2. The van der Waals surface area contributed by atoms with E-state index in [1.165, 1.54) is 38.8 Å². The van der Waals surface area contributed by atoms with Gasteiger partial charge < -0.3 is 10.6 Å². The molecule has 0 aliphatic heterocycles. The van der Waals surface area contributed by atoms with Crippen molar-refractivity contribution in [3.8, 4) is 0 Å². The summed E-state index contributed by atoms with van der Waals surface area (Å²) in [4.78, 5) is 2.44. The first-order valence-electron chi connectivity index (χ1n) is 5.59. The molecule has 0 aromatic heterocycles. The molecule has 0 bridgehead atoms. The Morgan fingerprint density at radius 1 is 1.23 bits per heavy atom. The topological polar surface area (TPSA) is 29.3 Å². The largest absolute Gasteiger partial charge is 0.330 e. The fourth-order valence-electron chi connectivity index (χ4n) is 1.46. The second kappa shape index (κ2) is 8.52. The molecule has 2 nitrogen and oxygen atoms in total. The highest BCUT2D eigenvalue weighted by molar-refractivity contribution is 4.57. The van der Waals surface area contributed by atoms with Crippen LogP contribution in [0.4, 0.5) is 0 Å². The van der Waals surface area contributed by atoms with E-state index in [2.05, 4.69) is 25.8 Å². The van der Waals surface area contributed by atoms with Gasteiger partial charge in [-0.1, -0.05) is 26.7 Å². The number of nitrogens with two attached hydrogens (primary N) is 1. The Labute approximate surface area is 83.5 Å². The Hall–Kier alpha value is -0.0800. The van der Waals surface area contributed by atoms with Gasteiger partial charge in [0, 0.05) is 6.54 Å². The lowest BCUT2D eigenvalue weighted by atomic mass is 10.1. The molecule has 0 fully saturated rings. The lowest BCUT2D eigenvalue weighted by molar-refractivity contribution is 0.276. The van der Waals surface area contributed by atoms with Crippen molar-refractivity contribution in [2.75, 3.05) is 26.7 Å². The van der Waals surface area contributed by atoms with Crippen LogP contribution in [0.1, 0.15) is 39.5 Å². The van der Waals surface area contributed by atoms with Gasteiger partial charge in [0.25, 0.3) is 0 Å². The Morgan fingerprint density at radius 2 is 1.92 bits per heavy atom. The molecule has 0 aromatic carbocycles. The third-order valence-corrected chi connectivity index (χ3v) is 2.56. The van der Waals surface area contributed by atoms with E-state index in [0.29, 0.717) is 0 Å². The van der Waals surface area contributed by atoms with Gasteiger partial charge in [-0.2, -0.15) is 0 Å². The smallest absolute Gasteiger partial charge is 0.000387 e. The Balaban J connectivity index is 3.24. The van der Waals surface area contributed by atoms with Gasteiger partial charge in [0.2, 0.25) is 0 Å². The molecule has 0 radical (unpaired) electrons. The van der Waals surface area contributed by atoms with E-state index in [1.807, 2.05) is 0 Å². The van der Waals surface area contributed by atoms with E-state index in [0.717, 1.165) is 12.5 Å². The Kier molecular flexibility index (Phi) is 8.46. The molecule has 0 amide bonds. The van der Waals surface area contributed by atoms with E-state index in [4.69, 9.17) is 5.73 Å². The normalized spacial score (nSPS) is 13.6. The van der Waals surface area contributed by atoms with Crippen LogP contribution in [0.5, 0.6) is 0 Å². The average molecular weight is 186 g/mol. The summed E-state index contributed by atoms with van der Waals surface area (Å²) >= 11 is 0. The molecule has 0 saturated heterocycles. The summed E-state index contributed by atoms with van der Waals surface area (Å²) in [5, 5.41) is 0. The van der Waals surface area contributed by atoms with E-state index in [1.54, 1.807) is 0 Å². The zero-order valence-electron chi connectivity index (χ0n) is 9.55. The number of rotatable bonds is 8. The zero-order valence-corrected chi connectivity index (χ0v) is 9.55. The Morgan fingerprint density at radius 3 is 2.46 bits per heavy atom. The first-order valence-corrected chi connectivity index (χ1v) is 5.59. The fraction of sp³-hybridized carbons (Fsp3) is 1.00. The average Bonchev–Trinajstić information content (AvgIpc) is 2.12. The van der Waals surface area contributed by atoms with Crippen molar-refractivity contribution < 1.29 is 0 Å². The van der Waals surface area contributed by atoms with Crippen molar-refractivity contribution in [2.24, 2.45) is 11.7 Å². The summed E-state index contributed by atoms with van der Waals surface area (Å²) in [6.45, 7) is 7.88. The van der Waals surface area contributed by atoms with Crippen LogP contribution < -0.4 is 5.73 Å². The van der Waals surface area contributed by atoms with E-state index >= 15 is 0 Å². The van der Waals surface area contributed by atoms with Crippen molar-refractivity contribution in [2.45, 2.75) is 39.5 Å². The van der Waals surface area contributed by atoms with Crippen molar-refractivity contribution in [1.82, 2.24) is 4.90 Å². The molecule has 1 unspecified atom stereocenters. The maximum Gasteiger partial charge on any atom is 0.000387 e. The van der Waals surface area contributed by atoms with Gasteiger partial charge in [-0.05, 0) is 38.9 Å². The highest BCUT2D eigenvalue weighted by Gasteiger charge is 2.03. The van der Waals surface area contributed by atoms with Gasteiger partial charge in [0.05, 0.1) is 0 Å². The second-order valence-corrected chi connectivity index (χ2v) is 4.12. The van der Waals surface area contributed by atoms with Crippen molar-refractivity contribution in [1.29, 1.82) is 0 Å². The summed E-state index contributed by atoms with van der Waals surface area (Å²) in [7, 11) is 2.22. The number of hydrogen-bond donors (Lipinski definition) is 1. The van der Waals surface area contributed by atoms with Crippen LogP contribution in [0.25, 0.3) is 0 Å². The van der Waals surface area contributed by atoms with Gasteiger partial charge in [0.1, 0.15) is 0 Å². The van der Waals surface area contributed by atoms with Gasteiger partial charge in [-0.15, -0.1) is 0 Å². The monoisotopic (exact) mass is 186 g/mol. The lowest BCUT2D eigenvalue weighted by Crippen LogP contribution is -2.25. The molecule has 0 saturated carbocycles. The Bertz CT molecular complexity index is 104. The number of hydrogen-bond acceptors (Lipinski definition) is 2. The molecule has 13 heavy (non-hydrogen) atoms. The predicted molar refractivity (Wildman–Crippen MR) is 59.9 cm³/mol. The van der Waals surface area contributed by atoms with Crippen LogP contribution in [0.3, 0.4) is 0 Å². The van der Waals surface area contributed by atoms with Crippen LogP contribution in [-0.4, -0.2) is 31.6 Å². The lowest BCUT2D eigenvalue weighted by Gasteiger charge is -2.20. The SMILES string of the molecule is CCC(C)CN(C)CCCCCN. The minimum absolute atomic E-state index is 0.833. The predicted octanol–water partition coefficient (Wildman–Crippen LogP) is 2.09. The zero-order chi connectivity index (χ0) is 10.1.